The second kappa shape index (κ2) is 6.20. The monoisotopic (exact) mass is 339 g/mol. The molecule has 1 aliphatic rings. The summed E-state index contributed by atoms with van der Waals surface area (Å²) >= 11 is 1.65. The molecule has 0 spiro atoms. The average molecular weight is 339 g/mol. The zero-order chi connectivity index (χ0) is 16.5. The minimum absolute atomic E-state index is 0.0215. The lowest BCUT2D eigenvalue weighted by Crippen LogP contribution is -2.27. The van der Waals surface area contributed by atoms with E-state index in [9.17, 15) is 4.79 Å². The minimum atomic E-state index is 0.0215. The lowest BCUT2D eigenvalue weighted by molar-refractivity contribution is -0.128. The van der Waals surface area contributed by atoms with Gasteiger partial charge in [0, 0.05) is 12.4 Å². The standard InChI is InChI=1S/C18H17N3O2S/c1-23-15-7-5-13(6-8-15)18-21(17(22)12-24-18)11-14-10-20-9-3-2-4-16(20)19-14/h2-10,18H,11-12H2,1H3. The highest BCUT2D eigenvalue weighted by molar-refractivity contribution is 8.00. The third-order valence-corrected chi connectivity index (χ3v) is 5.37. The van der Waals surface area contributed by atoms with E-state index in [2.05, 4.69) is 4.98 Å². The van der Waals surface area contributed by atoms with Crippen molar-refractivity contribution in [3.63, 3.8) is 0 Å². The van der Waals surface area contributed by atoms with Crippen LogP contribution in [0.1, 0.15) is 16.6 Å². The van der Waals surface area contributed by atoms with Gasteiger partial charge in [0.05, 0.1) is 25.1 Å². The molecular formula is C18H17N3O2S. The SMILES string of the molecule is COc1ccc(C2SCC(=O)N2Cc2cn3ccccc3n2)cc1. The Morgan fingerprint density at radius 1 is 1.25 bits per heavy atom. The van der Waals surface area contributed by atoms with E-state index in [1.807, 2.05) is 64.2 Å². The maximum Gasteiger partial charge on any atom is 0.234 e. The van der Waals surface area contributed by atoms with E-state index in [0.29, 0.717) is 12.3 Å². The molecule has 1 aromatic carbocycles. The molecule has 0 aliphatic carbocycles. The summed E-state index contributed by atoms with van der Waals surface area (Å²) in [6.45, 7) is 0.518. The summed E-state index contributed by atoms with van der Waals surface area (Å²) in [6.07, 6.45) is 3.95. The first-order valence-corrected chi connectivity index (χ1v) is 8.77. The number of methoxy groups -OCH3 is 1. The minimum Gasteiger partial charge on any atom is -0.497 e. The van der Waals surface area contributed by atoms with Gasteiger partial charge in [-0.25, -0.2) is 4.98 Å². The molecule has 4 rings (SSSR count). The van der Waals surface area contributed by atoms with Gasteiger partial charge < -0.3 is 14.0 Å². The van der Waals surface area contributed by atoms with E-state index in [1.165, 1.54) is 0 Å². The third kappa shape index (κ3) is 2.73. The van der Waals surface area contributed by atoms with Gasteiger partial charge in [0.2, 0.25) is 5.91 Å². The largest absolute Gasteiger partial charge is 0.497 e. The maximum atomic E-state index is 12.3. The number of pyridine rings is 1. The molecule has 6 heteroatoms. The summed E-state index contributed by atoms with van der Waals surface area (Å²) in [5, 5.41) is 0.0215. The molecule has 2 aromatic heterocycles. The van der Waals surface area contributed by atoms with Gasteiger partial charge in [0.25, 0.3) is 0 Å². The zero-order valence-electron chi connectivity index (χ0n) is 13.3. The number of hydrogen-bond donors (Lipinski definition) is 0. The second-order valence-electron chi connectivity index (χ2n) is 5.66. The molecular weight excluding hydrogens is 322 g/mol. The molecule has 0 N–H and O–H groups in total. The Balaban J connectivity index is 1.60. The summed E-state index contributed by atoms with van der Waals surface area (Å²) in [6, 6.07) is 13.8. The predicted octanol–water partition coefficient (Wildman–Crippen LogP) is 3.12. The number of carbonyl (C=O) groups excluding carboxylic acids is 1. The molecule has 1 aliphatic heterocycles. The Kier molecular flexibility index (Phi) is 3.90. The van der Waals surface area contributed by atoms with E-state index in [1.54, 1.807) is 18.9 Å². The van der Waals surface area contributed by atoms with Crippen molar-refractivity contribution in [2.45, 2.75) is 11.9 Å². The summed E-state index contributed by atoms with van der Waals surface area (Å²) < 4.78 is 7.19. The number of nitrogens with zero attached hydrogens (tertiary/aromatic N) is 3. The van der Waals surface area contributed by atoms with Crippen LogP contribution >= 0.6 is 11.8 Å². The molecule has 1 unspecified atom stereocenters. The van der Waals surface area contributed by atoms with Gasteiger partial charge in [0.15, 0.2) is 0 Å². The van der Waals surface area contributed by atoms with E-state index < -0.39 is 0 Å². The average Bonchev–Trinajstić information content (AvgIpc) is 3.19. The van der Waals surface area contributed by atoms with Crippen LogP contribution in [-0.4, -0.2) is 33.1 Å². The Hall–Kier alpha value is -2.47. The van der Waals surface area contributed by atoms with Crippen LogP contribution in [0.15, 0.2) is 54.9 Å². The van der Waals surface area contributed by atoms with Crippen LogP contribution in [0.25, 0.3) is 5.65 Å². The van der Waals surface area contributed by atoms with Gasteiger partial charge in [-0.2, -0.15) is 0 Å². The van der Waals surface area contributed by atoms with Crippen LogP contribution in [0.4, 0.5) is 0 Å². The van der Waals surface area contributed by atoms with Gasteiger partial charge in [-0.15, -0.1) is 11.8 Å². The molecule has 3 heterocycles. The van der Waals surface area contributed by atoms with Crippen molar-refractivity contribution >= 4 is 23.3 Å². The first kappa shape index (κ1) is 15.1. The van der Waals surface area contributed by atoms with Crippen LogP contribution < -0.4 is 4.74 Å². The van der Waals surface area contributed by atoms with Gasteiger partial charge in [-0.3, -0.25) is 4.79 Å². The van der Waals surface area contributed by atoms with E-state index in [0.717, 1.165) is 22.7 Å². The highest BCUT2D eigenvalue weighted by atomic mass is 32.2. The Morgan fingerprint density at radius 2 is 2.08 bits per heavy atom. The molecule has 1 saturated heterocycles. The smallest absolute Gasteiger partial charge is 0.234 e. The number of hydrogen-bond acceptors (Lipinski definition) is 4. The summed E-state index contributed by atoms with van der Waals surface area (Å²) in [7, 11) is 1.65. The van der Waals surface area contributed by atoms with Gasteiger partial charge in [-0.1, -0.05) is 18.2 Å². The molecule has 0 bridgehead atoms. The number of imidazole rings is 1. The van der Waals surface area contributed by atoms with Crippen molar-refractivity contribution in [1.82, 2.24) is 14.3 Å². The van der Waals surface area contributed by atoms with Crippen molar-refractivity contribution in [3.8, 4) is 5.75 Å². The van der Waals surface area contributed by atoms with Crippen LogP contribution in [0.5, 0.6) is 5.75 Å². The molecule has 3 aromatic rings. The highest BCUT2D eigenvalue weighted by Gasteiger charge is 2.33. The van der Waals surface area contributed by atoms with Crippen LogP contribution in [-0.2, 0) is 11.3 Å². The maximum absolute atomic E-state index is 12.3. The number of carbonyl (C=O) groups is 1. The van der Waals surface area contributed by atoms with Gasteiger partial charge >= 0.3 is 0 Å². The zero-order valence-corrected chi connectivity index (χ0v) is 14.1. The second-order valence-corrected chi connectivity index (χ2v) is 6.73. The van der Waals surface area contributed by atoms with Crippen molar-refractivity contribution < 1.29 is 9.53 Å². The summed E-state index contributed by atoms with van der Waals surface area (Å²) in [5.41, 5.74) is 2.90. The molecule has 0 saturated carbocycles. The van der Waals surface area contributed by atoms with Crippen LogP contribution in [0, 0.1) is 0 Å². The third-order valence-electron chi connectivity index (χ3n) is 4.12. The number of benzene rings is 1. The summed E-state index contributed by atoms with van der Waals surface area (Å²) in [5.74, 6) is 1.47. The van der Waals surface area contributed by atoms with E-state index >= 15 is 0 Å². The fourth-order valence-electron chi connectivity index (χ4n) is 2.91. The lowest BCUT2D eigenvalue weighted by Gasteiger charge is -2.23. The molecule has 122 valence electrons. The van der Waals surface area contributed by atoms with E-state index in [-0.39, 0.29) is 11.3 Å². The number of thioether (sulfide) groups is 1. The molecule has 0 radical (unpaired) electrons. The fraction of sp³-hybridized carbons (Fsp3) is 0.222. The van der Waals surface area contributed by atoms with Crippen LogP contribution in [0.3, 0.4) is 0 Å². The Labute approximate surface area is 144 Å². The van der Waals surface area contributed by atoms with Crippen molar-refractivity contribution in [2.75, 3.05) is 12.9 Å². The highest BCUT2D eigenvalue weighted by Crippen LogP contribution is 2.39. The molecule has 1 fully saturated rings. The van der Waals surface area contributed by atoms with Crippen LogP contribution in [0.2, 0.25) is 0 Å². The predicted molar refractivity (Wildman–Crippen MR) is 93.9 cm³/mol. The van der Waals surface area contributed by atoms with E-state index in [4.69, 9.17) is 4.74 Å². The van der Waals surface area contributed by atoms with Crippen molar-refractivity contribution in [3.05, 3.63) is 66.1 Å². The number of aromatic nitrogens is 2. The Bertz CT molecular complexity index is 842. The normalized spacial score (nSPS) is 17.6. The van der Waals surface area contributed by atoms with Gasteiger partial charge in [-0.05, 0) is 29.8 Å². The quantitative estimate of drug-likeness (QED) is 0.733. The van der Waals surface area contributed by atoms with Crippen molar-refractivity contribution in [1.29, 1.82) is 0 Å². The summed E-state index contributed by atoms with van der Waals surface area (Å²) in [4.78, 5) is 18.8. The number of fused-ring (bicyclic) bond motifs is 1. The number of rotatable bonds is 4. The first-order chi connectivity index (χ1) is 11.7. The van der Waals surface area contributed by atoms with Crippen molar-refractivity contribution in [2.24, 2.45) is 0 Å². The molecule has 24 heavy (non-hydrogen) atoms. The molecule has 1 amide bonds. The lowest BCUT2D eigenvalue weighted by atomic mass is 10.2. The van der Waals surface area contributed by atoms with Gasteiger partial charge in [0.1, 0.15) is 16.8 Å². The number of ether oxygens (including phenoxy) is 1. The first-order valence-electron chi connectivity index (χ1n) is 7.72. The Morgan fingerprint density at radius 3 is 2.83 bits per heavy atom. The fourth-order valence-corrected chi connectivity index (χ4v) is 4.10. The molecule has 5 nitrogen and oxygen atoms in total. The molecule has 1 atom stereocenters. The number of amides is 1. The topological polar surface area (TPSA) is 46.8 Å².